The number of benzene rings is 1. The third-order valence-electron chi connectivity index (χ3n) is 3.48. The highest BCUT2D eigenvalue weighted by Gasteiger charge is 2.29. The number of ether oxygens (including phenoxy) is 1. The number of phenols is 1. The first kappa shape index (κ1) is 18.1. The number of rotatable bonds is 5. The minimum absolute atomic E-state index is 0.00928. The molecule has 8 nitrogen and oxygen atoms in total. The predicted molar refractivity (Wildman–Crippen MR) is 81.2 cm³/mol. The summed E-state index contributed by atoms with van der Waals surface area (Å²) < 4.78 is 45.6. The Bertz CT molecular complexity index is 759. The average molecular weight is 360 g/mol. The number of carbonyl (C=O) groups excluding carboxylic acids is 2. The van der Waals surface area contributed by atoms with E-state index in [9.17, 15) is 27.5 Å². The number of hydrogen-bond acceptors (Lipinski definition) is 6. The molecule has 1 aromatic carbocycles. The molecule has 0 aromatic heterocycles. The van der Waals surface area contributed by atoms with E-state index in [4.69, 9.17) is 0 Å². The van der Waals surface area contributed by atoms with Gasteiger partial charge in [-0.2, -0.15) is 12.7 Å². The monoisotopic (exact) mass is 360 g/mol. The summed E-state index contributed by atoms with van der Waals surface area (Å²) in [5.41, 5.74) is -1.14. The molecule has 1 aromatic rings. The lowest BCUT2D eigenvalue weighted by molar-refractivity contribution is 0.0519. The lowest BCUT2D eigenvalue weighted by Crippen LogP contribution is -2.42. The summed E-state index contributed by atoms with van der Waals surface area (Å²) in [6, 6.07) is 1.91. The van der Waals surface area contributed by atoms with Crippen LogP contribution in [0.5, 0.6) is 5.75 Å². The fourth-order valence-electron chi connectivity index (χ4n) is 2.28. The van der Waals surface area contributed by atoms with Gasteiger partial charge in [-0.15, -0.1) is 0 Å². The van der Waals surface area contributed by atoms with E-state index < -0.39 is 44.8 Å². The van der Waals surface area contributed by atoms with Gasteiger partial charge in [-0.05, 0) is 31.9 Å². The van der Waals surface area contributed by atoms with Crippen LogP contribution in [0.25, 0.3) is 0 Å². The first-order chi connectivity index (χ1) is 11.3. The van der Waals surface area contributed by atoms with Crippen LogP contribution in [0.3, 0.4) is 0 Å². The van der Waals surface area contributed by atoms with Crippen molar-refractivity contribution in [3.05, 3.63) is 29.1 Å². The molecule has 24 heavy (non-hydrogen) atoms. The van der Waals surface area contributed by atoms with Crippen LogP contribution in [0, 0.1) is 5.82 Å². The number of amides is 1. The highest BCUT2D eigenvalue weighted by Crippen LogP contribution is 2.25. The topological polar surface area (TPSA) is 113 Å². The van der Waals surface area contributed by atoms with E-state index in [1.54, 1.807) is 4.72 Å². The van der Waals surface area contributed by atoms with E-state index in [-0.39, 0.29) is 19.7 Å². The number of esters is 1. The van der Waals surface area contributed by atoms with Gasteiger partial charge in [0, 0.05) is 13.1 Å². The quantitative estimate of drug-likeness (QED) is 0.750. The lowest BCUT2D eigenvalue weighted by Gasteiger charge is -2.16. The van der Waals surface area contributed by atoms with E-state index in [1.807, 2.05) is 0 Å². The molecule has 2 rings (SSSR count). The maximum Gasteiger partial charge on any atom is 0.341 e. The molecule has 1 amide bonds. The highest BCUT2D eigenvalue weighted by molar-refractivity contribution is 7.87. The molecule has 0 radical (unpaired) electrons. The third kappa shape index (κ3) is 3.65. The van der Waals surface area contributed by atoms with Crippen molar-refractivity contribution in [2.45, 2.75) is 19.8 Å². The molecule has 0 bridgehead atoms. The maximum absolute atomic E-state index is 14.0. The van der Waals surface area contributed by atoms with Crippen molar-refractivity contribution in [2.24, 2.45) is 0 Å². The summed E-state index contributed by atoms with van der Waals surface area (Å²) in [4.78, 5) is 23.6. The van der Waals surface area contributed by atoms with E-state index in [0.29, 0.717) is 12.8 Å². The normalized spacial score (nSPS) is 15.2. The Kier molecular flexibility index (Phi) is 5.40. The van der Waals surface area contributed by atoms with Crippen molar-refractivity contribution < 1.29 is 32.2 Å². The summed E-state index contributed by atoms with van der Waals surface area (Å²) in [6.07, 6.45) is 1.37. The Balaban J connectivity index is 2.24. The van der Waals surface area contributed by atoms with Crippen molar-refractivity contribution in [3.63, 3.8) is 0 Å². The van der Waals surface area contributed by atoms with Gasteiger partial charge in [0.05, 0.1) is 17.7 Å². The zero-order valence-corrected chi connectivity index (χ0v) is 13.7. The van der Waals surface area contributed by atoms with Crippen LogP contribution in [-0.4, -0.2) is 49.4 Å². The second-order valence-corrected chi connectivity index (χ2v) is 6.76. The van der Waals surface area contributed by atoms with E-state index >= 15 is 0 Å². The number of phenolic OH excluding ortho intramolecular Hbond substituents is 1. The smallest absolute Gasteiger partial charge is 0.341 e. The van der Waals surface area contributed by atoms with Gasteiger partial charge in [0.25, 0.3) is 5.91 Å². The molecule has 1 aliphatic rings. The Morgan fingerprint density at radius 1 is 1.29 bits per heavy atom. The van der Waals surface area contributed by atoms with Crippen molar-refractivity contribution in [3.8, 4) is 5.75 Å². The van der Waals surface area contributed by atoms with Crippen molar-refractivity contribution in [1.82, 2.24) is 9.03 Å². The second kappa shape index (κ2) is 7.14. The fourth-order valence-corrected chi connectivity index (χ4v) is 3.49. The van der Waals surface area contributed by atoms with Crippen LogP contribution in [-0.2, 0) is 14.9 Å². The second-order valence-electron chi connectivity index (χ2n) is 5.09. The summed E-state index contributed by atoms with van der Waals surface area (Å²) in [7, 11) is -4.06. The minimum Gasteiger partial charge on any atom is -0.504 e. The molecule has 0 aliphatic carbocycles. The summed E-state index contributed by atoms with van der Waals surface area (Å²) in [6.45, 7) is 2.10. The molecular weight excluding hydrogens is 343 g/mol. The molecule has 1 fully saturated rings. The van der Waals surface area contributed by atoms with Crippen LogP contribution in [0.2, 0.25) is 0 Å². The Morgan fingerprint density at radius 2 is 1.88 bits per heavy atom. The molecule has 0 unspecified atom stereocenters. The van der Waals surface area contributed by atoms with E-state index in [2.05, 4.69) is 4.74 Å². The zero-order valence-electron chi connectivity index (χ0n) is 12.9. The summed E-state index contributed by atoms with van der Waals surface area (Å²) >= 11 is 0. The molecule has 0 atom stereocenters. The number of hydrogen-bond donors (Lipinski definition) is 2. The largest absolute Gasteiger partial charge is 0.504 e. The van der Waals surface area contributed by atoms with Crippen LogP contribution >= 0.6 is 0 Å². The molecule has 1 heterocycles. The Morgan fingerprint density at radius 3 is 2.46 bits per heavy atom. The van der Waals surface area contributed by atoms with Crippen molar-refractivity contribution in [2.75, 3.05) is 19.7 Å². The van der Waals surface area contributed by atoms with Gasteiger partial charge in [0.2, 0.25) is 0 Å². The highest BCUT2D eigenvalue weighted by atomic mass is 32.2. The van der Waals surface area contributed by atoms with Crippen LogP contribution in [0.4, 0.5) is 4.39 Å². The van der Waals surface area contributed by atoms with Crippen LogP contribution in [0.1, 0.15) is 40.5 Å². The van der Waals surface area contributed by atoms with Gasteiger partial charge in [-0.1, -0.05) is 0 Å². The minimum atomic E-state index is -4.06. The molecule has 2 N–H and O–H groups in total. The van der Waals surface area contributed by atoms with E-state index in [0.717, 1.165) is 16.4 Å². The summed E-state index contributed by atoms with van der Waals surface area (Å²) in [5.74, 6) is -4.65. The molecule has 10 heteroatoms. The lowest BCUT2D eigenvalue weighted by atomic mass is 10.1. The third-order valence-corrected chi connectivity index (χ3v) is 4.97. The zero-order chi connectivity index (χ0) is 17.9. The van der Waals surface area contributed by atoms with Gasteiger partial charge in [-0.25, -0.2) is 13.9 Å². The average Bonchev–Trinajstić information content (AvgIpc) is 3.04. The molecular formula is C14H17FN2O6S. The Labute approximate surface area is 138 Å². The number of aromatic hydroxyl groups is 1. The maximum atomic E-state index is 14.0. The first-order valence-electron chi connectivity index (χ1n) is 7.28. The van der Waals surface area contributed by atoms with Crippen molar-refractivity contribution in [1.29, 1.82) is 0 Å². The summed E-state index contributed by atoms with van der Waals surface area (Å²) in [5, 5.41) is 9.78. The molecule has 1 aliphatic heterocycles. The van der Waals surface area contributed by atoms with Crippen LogP contribution < -0.4 is 4.72 Å². The van der Waals surface area contributed by atoms with Crippen molar-refractivity contribution >= 4 is 22.1 Å². The predicted octanol–water partition coefficient (Wildman–Crippen LogP) is 0.778. The SMILES string of the molecule is CCOC(=O)c1ccc(C(=O)NS(=O)(=O)N2CCCC2)c(O)c1F. The van der Waals surface area contributed by atoms with Gasteiger partial charge in [-0.3, -0.25) is 4.79 Å². The molecule has 0 saturated carbocycles. The van der Waals surface area contributed by atoms with Gasteiger partial charge >= 0.3 is 16.2 Å². The first-order valence-corrected chi connectivity index (χ1v) is 8.72. The molecule has 0 spiro atoms. The number of halogens is 1. The number of nitrogens with zero attached hydrogens (tertiary/aromatic N) is 1. The van der Waals surface area contributed by atoms with Gasteiger partial charge in [0.15, 0.2) is 11.6 Å². The Hall–Kier alpha value is -2.20. The van der Waals surface area contributed by atoms with Crippen LogP contribution in [0.15, 0.2) is 12.1 Å². The molecule has 132 valence electrons. The fraction of sp³-hybridized carbons (Fsp3) is 0.429. The standard InChI is InChI=1S/C14H17FN2O6S/c1-2-23-14(20)9-5-6-10(12(18)11(9)15)13(19)16-24(21,22)17-7-3-4-8-17/h5-6,18H,2-4,7-8H2,1H3,(H,16,19). The van der Waals surface area contributed by atoms with Gasteiger partial charge in [0.1, 0.15) is 0 Å². The number of nitrogens with one attached hydrogen (secondary N) is 1. The number of carbonyl (C=O) groups is 2. The van der Waals surface area contributed by atoms with E-state index in [1.165, 1.54) is 6.92 Å². The van der Waals surface area contributed by atoms with Gasteiger partial charge < -0.3 is 9.84 Å². The molecule has 1 saturated heterocycles.